The minimum Gasteiger partial charge on any atom is -0.381 e. The molecule has 1 aliphatic rings. The van der Waals surface area contributed by atoms with Gasteiger partial charge < -0.3 is 10.1 Å². The molecule has 1 atom stereocenters. The van der Waals surface area contributed by atoms with Gasteiger partial charge in [0.05, 0.1) is 0 Å². The van der Waals surface area contributed by atoms with Crippen molar-refractivity contribution in [3.8, 4) is 0 Å². The van der Waals surface area contributed by atoms with E-state index in [-0.39, 0.29) is 18.0 Å². The van der Waals surface area contributed by atoms with Crippen LogP contribution in [-0.2, 0) is 9.53 Å². The molecule has 1 unspecified atom stereocenters. The van der Waals surface area contributed by atoms with Crippen LogP contribution in [0.2, 0.25) is 0 Å². The van der Waals surface area contributed by atoms with Gasteiger partial charge in [0.25, 0.3) is 0 Å². The number of likely N-dealkylation sites (N-methyl/N-ethyl adjacent to an activating group) is 1. The van der Waals surface area contributed by atoms with E-state index in [2.05, 4.69) is 12.2 Å². The first-order valence-corrected chi connectivity index (χ1v) is 7.19. The molecular weight excluding hydrogens is 252 g/mol. The van der Waals surface area contributed by atoms with Crippen LogP contribution in [0.1, 0.15) is 30.0 Å². The summed E-state index contributed by atoms with van der Waals surface area (Å²) >= 11 is 0. The predicted molar refractivity (Wildman–Crippen MR) is 79.6 cm³/mol. The van der Waals surface area contributed by atoms with E-state index >= 15 is 0 Å². The van der Waals surface area contributed by atoms with Gasteiger partial charge in [0.1, 0.15) is 6.04 Å². The van der Waals surface area contributed by atoms with Crippen LogP contribution in [0.5, 0.6) is 0 Å². The number of ether oxygens (including phenoxy) is 1. The Labute approximate surface area is 121 Å². The van der Waals surface area contributed by atoms with Gasteiger partial charge in [-0.3, -0.25) is 9.69 Å². The SMILES string of the molecule is Cc1ccc(C(C(=O)NC2CCOCC2)N(C)C)cc1. The number of carbonyl (C=O) groups excluding carboxylic acids is 1. The molecule has 4 heteroatoms. The minimum atomic E-state index is -0.238. The summed E-state index contributed by atoms with van der Waals surface area (Å²) in [7, 11) is 3.88. The van der Waals surface area contributed by atoms with Crippen molar-refractivity contribution in [3.05, 3.63) is 35.4 Å². The highest BCUT2D eigenvalue weighted by Gasteiger charge is 2.25. The van der Waals surface area contributed by atoms with Gasteiger partial charge in [-0.2, -0.15) is 0 Å². The summed E-state index contributed by atoms with van der Waals surface area (Å²) < 4.78 is 5.33. The van der Waals surface area contributed by atoms with Crippen molar-refractivity contribution >= 4 is 5.91 Å². The zero-order valence-electron chi connectivity index (χ0n) is 12.6. The number of carbonyl (C=O) groups is 1. The molecule has 1 aromatic carbocycles. The van der Waals surface area contributed by atoms with Crippen molar-refractivity contribution in [3.63, 3.8) is 0 Å². The van der Waals surface area contributed by atoms with Gasteiger partial charge in [0.15, 0.2) is 0 Å². The molecule has 4 nitrogen and oxygen atoms in total. The maximum atomic E-state index is 12.5. The van der Waals surface area contributed by atoms with E-state index in [1.54, 1.807) is 0 Å². The van der Waals surface area contributed by atoms with E-state index in [1.165, 1.54) is 5.56 Å². The van der Waals surface area contributed by atoms with E-state index in [9.17, 15) is 4.79 Å². The lowest BCUT2D eigenvalue weighted by molar-refractivity contribution is -0.127. The highest BCUT2D eigenvalue weighted by Crippen LogP contribution is 2.20. The van der Waals surface area contributed by atoms with Crippen LogP contribution in [0.3, 0.4) is 0 Å². The standard InChI is InChI=1S/C16H24N2O2/c1-12-4-6-13(7-5-12)15(18(2)3)16(19)17-14-8-10-20-11-9-14/h4-7,14-15H,8-11H2,1-3H3,(H,17,19). The van der Waals surface area contributed by atoms with Crippen LogP contribution in [0, 0.1) is 6.92 Å². The van der Waals surface area contributed by atoms with Gasteiger partial charge in [0, 0.05) is 19.3 Å². The van der Waals surface area contributed by atoms with Crippen molar-refractivity contribution in [1.82, 2.24) is 10.2 Å². The quantitative estimate of drug-likeness (QED) is 0.913. The summed E-state index contributed by atoms with van der Waals surface area (Å²) in [5, 5.41) is 3.15. The normalized spacial score (nSPS) is 18.0. The fourth-order valence-electron chi connectivity index (χ4n) is 2.55. The number of nitrogens with zero attached hydrogens (tertiary/aromatic N) is 1. The topological polar surface area (TPSA) is 41.6 Å². The number of aryl methyl sites for hydroxylation is 1. The average molecular weight is 276 g/mol. The van der Waals surface area contributed by atoms with Crippen LogP contribution in [0.15, 0.2) is 24.3 Å². The highest BCUT2D eigenvalue weighted by atomic mass is 16.5. The Balaban J connectivity index is 2.07. The predicted octanol–water partition coefficient (Wildman–Crippen LogP) is 1.89. The maximum Gasteiger partial charge on any atom is 0.242 e. The molecule has 0 aliphatic carbocycles. The average Bonchev–Trinajstić information content (AvgIpc) is 2.42. The molecule has 0 bridgehead atoms. The van der Waals surface area contributed by atoms with E-state index in [1.807, 2.05) is 43.3 Å². The van der Waals surface area contributed by atoms with Crippen LogP contribution in [0.4, 0.5) is 0 Å². The summed E-state index contributed by atoms with van der Waals surface area (Å²) in [4.78, 5) is 14.5. The Hall–Kier alpha value is -1.39. The van der Waals surface area contributed by atoms with Crippen molar-refractivity contribution in [1.29, 1.82) is 0 Å². The molecule has 1 aliphatic heterocycles. The van der Waals surface area contributed by atoms with Crippen molar-refractivity contribution in [2.45, 2.75) is 31.8 Å². The Morgan fingerprint density at radius 1 is 1.25 bits per heavy atom. The summed E-state index contributed by atoms with van der Waals surface area (Å²) in [5.41, 5.74) is 2.24. The number of hydrogen-bond acceptors (Lipinski definition) is 3. The second-order valence-electron chi connectivity index (χ2n) is 5.67. The van der Waals surface area contributed by atoms with E-state index < -0.39 is 0 Å². The first-order chi connectivity index (χ1) is 9.58. The van der Waals surface area contributed by atoms with Crippen LogP contribution >= 0.6 is 0 Å². The van der Waals surface area contributed by atoms with Crippen LogP contribution in [-0.4, -0.2) is 44.2 Å². The monoisotopic (exact) mass is 276 g/mol. The fourth-order valence-corrected chi connectivity index (χ4v) is 2.55. The fraction of sp³-hybridized carbons (Fsp3) is 0.562. The lowest BCUT2D eigenvalue weighted by Gasteiger charge is -2.28. The second-order valence-corrected chi connectivity index (χ2v) is 5.67. The van der Waals surface area contributed by atoms with Crippen LogP contribution in [0.25, 0.3) is 0 Å². The third-order valence-electron chi connectivity index (χ3n) is 3.73. The molecule has 1 fully saturated rings. The maximum absolute atomic E-state index is 12.5. The zero-order chi connectivity index (χ0) is 14.5. The third kappa shape index (κ3) is 3.81. The van der Waals surface area contributed by atoms with Gasteiger partial charge in [-0.05, 0) is 39.4 Å². The number of rotatable bonds is 4. The van der Waals surface area contributed by atoms with Gasteiger partial charge in [-0.25, -0.2) is 0 Å². The third-order valence-corrected chi connectivity index (χ3v) is 3.73. The molecule has 1 N–H and O–H groups in total. The highest BCUT2D eigenvalue weighted by molar-refractivity contribution is 5.83. The summed E-state index contributed by atoms with van der Waals surface area (Å²) in [5.74, 6) is 0.0748. The molecule has 2 rings (SSSR count). The van der Waals surface area contributed by atoms with Gasteiger partial charge in [-0.15, -0.1) is 0 Å². The smallest absolute Gasteiger partial charge is 0.242 e. The summed E-state index contributed by atoms with van der Waals surface area (Å²) in [6.07, 6.45) is 1.81. The summed E-state index contributed by atoms with van der Waals surface area (Å²) in [6, 6.07) is 8.16. The molecule has 0 spiro atoms. The first kappa shape index (κ1) is 15.0. The number of hydrogen-bond donors (Lipinski definition) is 1. The van der Waals surface area contributed by atoms with Gasteiger partial charge >= 0.3 is 0 Å². The van der Waals surface area contributed by atoms with Gasteiger partial charge in [-0.1, -0.05) is 29.8 Å². The molecule has 1 heterocycles. The molecule has 1 saturated heterocycles. The number of nitrogens with one attached hydrogen (secondary N) is 1. The Bertz CT molecular complexity index is 436. The van der Waals surface area contributed by atoms with Crippen molar-refractivity contribution in [2.24, 2.45) is 0 Å². The molecule has 1 amide bonds. The Morgan fingerprint density at radius 2 is 1.85 bits per heavy atom. The molecule has 110 valence electrons. The lowest BCUT2D eigenvalue weighted by atomic mass is 10.0. The lowest BCUT2D eigenvalue weighted by Crippen LogP contribution is -2.44. The van der Waals surface area contributed by atoms with Crippen molar-refractivity contribution < 1.29 is 9.53 Å². The molecule has 0 aromatic heterocycles. The molecular formula is C16H24N2O2. The minimum absolute atomic E-state index is 0.0748. The molecule has 1 aromatic rings. The second kappa shape index (κ2) is 6.86. The van der Waals surface area contributed by atoms with E-state index in [4.69, 9.17) is 4.74 Å². The zero-order valence-corrected chi connectivity index (χ0v) is 12.6. The molecule has 20 heavy (non-hydrogen) atoms. The van der Waals surface area contributed by atoms with E-state index in [0.717, 1.165) is 31.6 Å². The molecule has 0 radical (unpaired) electrons. The van der Waals surface area contributed by atoms with E-state index in [0.29, 0.717) is 0 Å². The summed E-state index contributed by atoms with van der Waals surface area (Å²) in [6.45, 7) is 3.53. The number of amides is 1. The van der Waals surface area contributed by atoms with Gasteiger partial charge in [0.2, 0.25) is 5.91 Å². The number of benzene rings is 1. The first-order valence-electron chi connectivity index (χ1n) is 7.19. The molecule has 0 saturated carbocycles. The largest absolute Gasteiger partial charge is 0.381 e. The Morgan fingerprint density at radius 3 is 2.40 bits per heavy atom. The van der Waals surface area contributed by atoms with Crippen LogP contribution < -0.4 is 5.32 Å². The Kier molecular flexibility index (Phi) is 5.15. The van der Waals surface area contributed by atoms with Crippen molar-refractivity contribution in [2.75, 3.05) is 27.3 Å².